The molecular formula is C12H22N2O3. The number of rotatable bonds is 7. The van der Waals surface area contributed by atoms with Crippen LogP contribution in [-0.2, 0) is 14.3 Å². The molecule has 0 saturated carbocycles. The molecule has 98 valence electrons. The average Bonchev–Trinajstić information content (AvgIpc) is 2.27. The summed E-state index contributed by atoms with van der Waals surface area (Å²) in [6.45, 7) is 5.61. The molecule has 1 amide bonds. The van der Waals surface area contributed by atoms with Crippen molar-refractivity contribution in [2.75, 3.05) is 20.7 Å². The highest BCUT2D eigenvalue weighted by molar-refractivity contribution is 5.81. The molecule has 0 fully saturated rings. The van der Waals surface area contributed by atoms with E-state index in [4.69, 9.17) is 10.5 Å². The molecule has 0 aliphatic heterocycles. The van der Waals surface area contributed by atoms with E-state index in [1.807, 2.05) is 0 Å². The Morgan fingerprint density at radius 1 is 1.47 bits per heavy atom. The Labute approximate surface area is 103 Å². The smallest absolute Gasteiger partial charge is 0.322 e. The van der Waals surface area contributed by atoms with Gasteiger partial charge in [-0.3, -0.25) is 9.59 Å². The lowest BCUT2D eigenvalue weighted by molar-refractivity contribution is -0.145. The number of nitrogens with two attached hydrogens (primary N) is 1. The Morgan fingerprint density at radius 3 is 2.47 bits per heavy atom. The van der Waals surface area contributed by atoms with Gasteiger partial charge >= 0.3 is 5.97 Å². The van der Waals surface area contributed by atoms with E-state index in [1.54, 1.807) is 27.1 Å². The zero-order valence-corrected chi connectivity index (χ0v) is 10.8. The zero-order valence-electron chi connectivity index (χ0n) is 10.8. The average molecular weight is 242 g/mol. The van der Waals surface area contributed by atoms with Gasteiger partial charge in [-0.2, -0.15) is 0 Å². The summed E-state index contributed by atoms with van der Waals surface area (Å²) in [6.07, 6.45) is 2.44. The van der Waals surface area contributed by atoms with Crippen molar-refractivity contribution in [3.8, 4) is 0 Å². The first kappa shape index (κ1) is 15.6. The molecule has 2 N–H and O–H groups in total. The molecule has 0 rings (SSSR count). The van der Waals surface area contributed by atoms with Crippen LogP contribution in [0.5, 0.6) is 0 Å². The van der Waals surface area contributed by atoms with Gasteiger partial charge in [-0.05, 0) is 19.8 Å². The number of carbonyl (C=O) groups is 2. The van der Waals surface area contributed by atoms with Crippen LogP contribution in [0.2, 0.25) is 0 Å². The Balaban J connectivity index is 4.48. The molecule has 0 aliphatic carbocycles. The monoisotopic (exact) mass is 242 g/mol. The van der Waals surface area contributed by atoms with Gasteiger partial charge in [-0.1, -0.05) is 6.08 Å². The maximum atomic E-state index is 11.8. The van der Waals surface area contributed by atoms with Gasteiger partial charge in [0.05, 0.1) is 6.61 Å². The van der Waals surface area contributed by atoms with E-state index in [0.29, 0.717) is 13.0 Å². The SMILES string of the molecule is C=CCC(C[C@H](N)C(=O)OCC)C(=O)N(C)C. The molecule has 5 nitrogen and oxygen atoms in total. The van der Waals surface area contributed by atoms with Crippen LogP contribution in [0.15, 0.2) is 12.7 Å². The number of allylic oxidation sites excluding steroid dienone is 1. The fourth-order valence-electron chi connectivity index (χ4n) is 1.52. The van der Waals surface area contributed by atoms with Crippen molar-refractivity contribution in [3.63, 3.8) is 0 Å². The van der Waals surface area contributed by atoms with Crippen molar-refractivity contribution >= 4 is 11.9 Å². The Hall–Kier alpha value is -1.36. The van der Waals surface area contributed by atoms with Crippen molar-refractivity contribution in [1.82, 2.24) is 4.90 Å². The predicted molar refractivity (Wildman–Crippen MR) is 66.2 cm³/mol. The summed E-state index contributed by atoms with van der Waals surface area (Å²) in [5.41, 5.74) is 5.69. The molecule has 17 heavy (non-hydrogen) atoms. The minimum atomic E-state index is -0.760. The minimum Gasteiger partial charge on any atom is -0.465 e. The van der Waals surface area contributed by atoms with Gasteiger partial charge in [0.2, 0.25) is 5.91 Å². The molecule has 2 atom stereocenters. The molecule has 1 unspecified atom stereocenters. The molecule has 0 saturated heterocycles. The van der Waals surface area contributed by atoms with Gasteiger partial charge < -0.3 is 15.4 Å². The number of esters is 1. The van der Waals surface area contributed by atoms with Gasteiger partial charge in [0.25, 0.3) is 0 Å². The number of hydrogen-bond donors (Lipinski definition) is 1. The highest BCUT2D eigenvalue weighted by Crippen LogP contribution is 2.14. The van der Waals surface area contributed by atoms with Crippen LogP contribution >= 0.6 is 0 Å². The van der Waals surface area contributed by atoms with E-state index in [9.17, 15) is 9.59 Å². The quantitative estimate of drug-likeness (QED) is 0.522. The third-order valence-electron chi connectivity index (χ3n) is 2.37. The topological polar surface area (TPSA) is 72.6 Å². The zero-order chi connectivity index (χ0) is 13.4. The second-order valence-electron chi connectivity index (χ2n) is 4.05. The maximum absolute atomic E-state index is 11.8. The number of ether oxygens (including phenoxy) is 1. The van der Waals surface area contributed by atoms with Gasteiger partial charge in [-0.15, -0.1) is 6.58 Å². The van der Waals surface area contributed by atoms with E-state index in [2.05, 4.69) is 6.58 Å². The lowest BCUT2D eigenvalue weighted by atomic mass is 9.95. The van der Waals surface area contributed by atoms with Crippen LogP contribution in [0.4, 0.5) is 0 Å². The largest absolute Gasteiger partial charge is 0.465 e. The Morgan fingerprint density at radius 2 is 2.06 bits per heavy atom. The summed E-state index contributed by atoms with van der Waals surface area (Å²) in [7, 11) is 3.35. The number of nitrogens with zero attached hydrogens (tertiary/aromatic N) is 1. The van der Waals surface area contributed by atoms with Crippen LogP contribution < -0.4 is 5.73 Å². The van der Waals surface area contributed by atoms with Crippen LogP contribution in [0.3, 0.4) is 0 Å². The van der Waals surface area contributed by atoms with Crippen LogP contribution in [0.25, 0.3) is 0 Å². The van der Waals surface area contributed by atoms with Gasteiger partial charge in [0, 0.05) is 20.0 Å². The summed E-state index contributed by atoms with van der Waals surface area (Å²) >= 11 is 0. The first-order valence-corrected chi connectivity index (χ1v) is 5.68. The molecular weight excluding hydrogens is 220 g/mol. The van der Waals surface area contributed by atoms with E-state index in [-0.39, 0.29) is 18.2 Å². The van der Waals surface area contributed by atoms with E-state index in [0.717, 1.165) is 0 Å². The molecule has 0 bridgehead atoms. The van der Waals surface area contributed by atoms with E-state index < -0.39 is 12.0 Å². The second kappa shape index (κ2) is 7.84. The highest BCUT2D eigenvalue weighted by atomic mass is 16.5. The van der Waals surface area contributed by atoms with Crippen molar-refractivity contribution < 1.29 is 14.3 Å². The summed E-state index contributed by atoms with van der Waals surface area (Å²) < 4.78 is 4.81. The summed E-state index contributed by atoms with van der Waals surface area (Å²) in [4.78, 5) is 24.7. The molecule has 5 heteroatoms. The lowest BCUT2D eigenvalue weighted by Gasteiger charge is -2.21. The molecule has 0 radical (unpaired) electrons. The van der Waals surface area contributed by atoms with Gasteiger partial charge in [0.1, 0.15) is 6.04 Å². The molecule has 0 heterocycles. The van der Waals surface area contributed by atoms with Gasteiger partial charge in [-0.25, -0.2) is 0 Å². The maximum Gasteiger partial charge on any atom is 0.322 e. The second-order valence-corrected chi connectivity index (χ2v) is 4.05. The summed E-state index contributed by atoms with van der Waals surface area (Å²) in [6, 6.07) is -0.760. The van der Waals surface area contributed by atoms with Crippen LogP contribution in [0, 0.1) is 5.92 Å². The third kappa shape index (κ3) is 5.49. The fraction of sp³-hybridized carbons (Fsp3) is 0.667. The van der Waals surface area contributed by atoms with Crippen molar-refractivity contribution in [3.05, 3.63) is 12.7 Å². The summed E-state index contributed by atoms with van der Waals surface area (Å²) in [5.74, 6) is -0.834. The first-order valence-electron chi connectivity index (χ1n) is 5.68. The van der Waals surface area contributed by atoms with E-state index >= 15 is 0 Å². The van der Waals surface area contributed by atoms with E-state index in [1.165, 1.54) is 4.90 Å². The molecule has 0 aromatic rings. The molecule has 0 aliphatic rings. The van der Waals surface area contributed by atoms with Gasteiger partial charge in [0.15, 0.2) is 0 Å². The molecule has 0 spiro atoms. The minimum absolute atomic E-state index is 0.0513. The first-order chi connectivity index (χ1) is 7.93. The number of hydrogen-bond acceptors (Lipinski definition) is 4. The highest BCUT2D eigenvalue weighted by Gasteiger charge is 2.25. The lowest BCUT2D eigenvalue weighted by Crippen LogP contribution is -2.38. The van der Waals surface area contributed by atoms with Crippen molar-refractivity contribution in [2.45, 2.75) is 25.8 Å². The third-order valence-corrected chi connectivity index (χ3v) is 2.37. The number of carbonyl (C=O) groups excluding carboxylic acids is 2. The predicted octanol–water partition coefficient (Wildman–Crippen LogP) is 0.547. The van der Waals surface area contributed by atoms with Crippen LogP contribution in [-0.4, -0.2) is 43.5 Å². The molecule has 0 aromatic heterocycles. The number of amides is 1. The molecule has 0 aromatic carbocycles. The normalized spacial score (nSPS) is 13.6. The van der Waals surface area contributed by atoms with Crippen molar-refractivity contribution in [2.24, 2.45) is 11.7 Å². The van der Waals surface area contributed by atoms with Crippen molar-refractivity contribution in [1.29, 1.82) is 0 Å². The fourth-order valence-corrected chi connectivity index (χ4v) is 1.52. The standard InChI is InChI=1S/C12H22N2O3/c1-5-7-9(11(15)14(3)4)8-10(13)12(16)17-6-2/h5,9-10H,1,6-8,13H2,2-4H3/t9?,10-/m0/s1. The van der Waals surface area contributed by atoms with Crippen LogP contribution in [0.1, 0.15) is 19.8 Å². The summed E-state index contributed by atoms with van der Waals surface area (Å²) in [5, 5.41) is 0. The Kier molecular flexibility index (Phi) is 7.21. The Bertz CT molecular complexity index is 277.